The predicted octanol–water partition coefficient (Wildman–Crippen LogP) is 2.71. The summed E-state index contributed by atoms with van der Waals surface area (Å²) in [4.78, 5) is 39.9. The van der Waals surface area contributed by atoms with Crippen molar-refractivity contribution in [3.05, 3.63) is 47.0 Å². The van der Waals surface area contributed by atoms with Crippen LogP contribution < -0.4 is 5.32 Å². The maximum absolute atomic E-state index is 13.1. The summed E-state index contributed by atoms with van der Waals surface area (Å²) in [6.45, 7) is 2.34. The van der Waals surface area contributed by atoms with Gasteiger partial charge in [0, 0.05) is 11.6 Å². The van der Waals surface area contributed by atoms with Crippen molar-refractivity contribution in [2.45, 2.75) is 25.8 Å². The summed E-state index contributed by atoms with van der Waals surface area (Å²) >= 11 is 6.12. The molecule has 1 saturated heterocycles. The highest BCUT2D eigenvalue weighted by molar-refractivity contribution is 6.30. The molecule has 2 fully saturated rings. The zero-order valence-corrected chi connectivity index (χ0v) is 15.3. The molecule has 5 unspecified atom stereocenters. The number of benzene rings is 1. The van der Waals surface area contributed by atoms with E-state index in [1.165, 1.54) is 4.90 Å². The van der Waals surface area contributed by atoms with Crippen molar-refractivity contribution in [1.82, 2.24) is 10.2 Å². The summed E-state index contributed by atoms with van der Waals surface area (Å²) in [6, 6.07) is 6.44. The average molecular weight is 373 g/mol. The molecule has 136 valence electrons. The lowest BCUT2D eigenvalue weighted by Gasteiger charge is -2.28. The molecule has 26 heavy (non-hydrogen) atoms. The molecule has 6 heteroatoms. The van der Waals surface area contributed by atoms with Crippen LogP contribution in [-0.4, -0.2) is 29.2 Å². The number of carbonyl (C=O) groups excluding carboxylic acids is 3. The Hall–Kier alpha value is -2.14. The van der Waals surface area contributed by atoms with Crippen LogP contribution in [0.2, 0.25) is 5.02 Å². The molecule has 4 rings (SSSR count). The molecule has 1 N–H and O–H groups in total. The van der Waals surface area contributed by atoms with Crippen molar-refractivity contribution < 1.29 is 14.4 Å². The largest absolute Gasteiger partial charge is 0.356 e. The molecule has 1 aromatic rings. The van der Waals surface area contributed by atoms with Gasteiger partial charge in [-0.2, -0.15) is 0 Å². The van der Waals surface area contributed by atoms with E-state index in [9.17, 15) is 14.4 Å². The Morgan fingerprint density at radius 3 is 2.46 bits per heavy atom. The molecule has 3 amide bonds. The Bertz CT molecular complexity index is 776. The molecule has 1 saturated carbocycles. The Kier molecular flexibility index (Phi) is 4.35. The van der Waals surface area contributed by atoms with Gasteiger partial charge >= 0.3 is 0 Å². The van der Waals surface area contributed by atoms with Crippen LogP contribution in [0.15, 0.2) is 36.4 Å². The van der Waals surface area contributed by atoms with Gasteiger partial charge in [-0.05, 0) is 42.9 Å². The molecule has 5 nitrogen and oxygen atoms in total. The number of fused-ring (bicyclic) bond motifs is 5. The van der Waals surface area contributed by atoms with Gasteiger partial charge in [0.2, 0.25) is 17.7 Å². The minimum atomic E-state index is -0.620. The number of imide groups is 1. The fraction of sp³-hybridized carbons (Fsp3) is 0.450. The minimum absolute atomic E-state index is 0.0495. The van der Waals surface area contributed by atoms with E-state index in [-0.39, 0.29) is 47.8 Å². The van der Waals surface area contributed by atoms with Crippen molar-refractivity contribution in [3.8, 4) is 0 Å². The van der Waals surface area contributed by atoms with E-state index in [1.54, 1.807) is 18.2 Å². The zero-order chi connectivity index (χ0) is 18.4. The molecule has 1 heterocycles. The van der Waals surface area contributed by atoms with E-state index < -0.39 is 6.04 Å². The summed E-state index contributed by atoms with van der Waals surface area (Å²) in [5.41, 5.74) is 0.714. The number of carbonyl (C=O) groups is 3. The lowest BCUT2D eigenvalue weighted by Crippen LogP contribution is -2.39. The van der Waals surface area contributed by atoms with Crippen LogP contribution in [-0.2, 0) is 14.4 Å². The third-order valence-corrected chi connectivity index (χ3v) is 6.04. The molecule has 1 aromatic carbocycles. The summed E-state index contributed by atoms with van der Waals surface area (Å²) < 4.78 is 0. The van der Waals surface area contributed by atoms with Gasteiger partial charge in [0.1, 0.15) is 0 Å². The second kappa shape index (κ2) is 6.54. The zero-order valence-electron chi connectivity index (χ0n) is 14.5. The third-order valence-electron chi connectivity index (χ3n) is 5.80. The SMILES string of the molecule is CCNC(=O)CC(c1cccc(Cl)c1)N1C(=O)C2C3C=CC(C3)C2C1=O. The van der Waals surface area contributed by atoms with Crippen LogP contribution in [0.4, 0.5) is 0 Å². The molecule has 1 aliphatic heterocycles. The quantitative estimate of drug-likeness (QED) is 0.638. The molecule has 0 spiro atoms. The molecular formula is C20H21ClN2O3. The first kappa shape index (κ1) is 17.3. The minimum Gasteiger partial charge on any atom is -0.356 e. The molecule has 2 bridgehead atoms. The highest BCUT2D eigenvalue weighted by atomic mass is 35.5. The molecule has 0 aromatic heterocycles. The second-order valence-electron chi connectivity index (χ2n) is 7.27. The lowest BCUT2D eigenvalue weighted by molar-refractivity contribution is -0.144. The van der Waals surface area contributed by atoms with Crippen LogP contribution in [0.1, 0.15) is 31.4 Å². The van der Waals surface area contributed by atoms with Crippen LogP contribution in [0, 0.1) is 23.7 Å². The summed E-state index contributed by atoms with van der Waals surface area (Å²) in [5, 5.41) is 3.28. The van der Waals surface area contributed by atoms with Gasteiger partial charge in [0.15, 0.2) is 0 Å². The highest BCUT2D eigenvalue weighted by Crippen LogP contribution is 2.54. The normalized spacial score (nSPS) is 30.0. The van der Waals surface area contributed by atoms with Gasteiger partial charge in [-0.15, -0.1) is 0 Å². The van der Waals surface area contributed by atoms with E-state index in [1.807, 2.05) is 13.0 Å². The van der Waals surface area contributed by atoms with E-state index in [0.29, 0.717) is 17.1 Å². The van der Waals surface area contributed by atoms with Crippen LogP contribution in [0.5, 0.6) is 0 Å². The molecule has 0 radical (unpaired) electrons. The van der Waals surface area contributed by atoms with Gasteiger partial charge in [-0.1, -0.05) is 35.9 Å². The number of allylic oxidation sites excluding steroid dienone is 2. The fourth-order valence-electron chi connectivity index (χ4n) is 4.75. The van der Waals surface area contributed by atoms with E-state index in [0.717, 1.165) is 6.42 Å². The maximum Gasteiger partial charge on any atom is 0.234 e. The Morgan fingerprint density at radius 1 is 1.23 bits per heavy atom. The average Bonchev–Trinajstić information content (AvgIpc) is 3.28. The number of halogens is 1. The summed E-state index contributed by atoms with van der Waals surface area (Å²) in [5.74, 6) is -0.720. The highest BCUT2D eigenvalue weighted by Gasteiger charge is 2.60. The topological polar surface area (TPSA) is 66.5 Å². The first-order valence-electron chi connectivity index (χ1n) is 9.08. The van der Waals surface area contributed by atoms with Crippen molar-refractivity contribution in [1.29, 1.82) is 0 Å². The van der Waals surface area contributed by atoms with Gasteiger partial charge in [-0.25, -0.2) is 0 Å². The van der Waals surface area contributed by atoms with Crippen molar-refractivity contribution >= 4 is 29.3 Å². The maximum atomic E-state index is 13.1. The number of nitrogens with zero attached hydrogens (tertiary/aromatic N) is 1. The third kappa shape index (κ3) is 2.65. The molecule has 5 atom stereocenters. The Balaban J connectivity index is 1.69. The van der Waals surface area contributed by atoms with Crippen LogP contribution >= 0.6 is 11.6 Å². The molecule has 3 aliphatic rings. The standard InChI is InChI=1S/C20H21ClN2O3/c1-2-22-16(24)10-15(11-4-3-5-14(21)9-11)23-19(25)17-12-6-7-13(8-12)18(17)20(23)26/h3-7,9,12-13,15,17-18H,2,8,10H2,1H3,(H,22,24). The number of rotatable bonds is 5. The molecular weight excluding hydrogens is 352 g/mol. The van der Waals surface area contributed by atoms with Crippen molar-refractivity contribution in [2.24, 2.45) is 23.7 Å². The van der Waals surface area contributed by atoms with E-state index >= 15 is 0 Å². The summed E-state index contributed by atoms with van der Waals surface area (Å²) in [6.07, 6.45) is 5.07. The van der Waals surface area contributed by atoms with Crippen LogP contribution in [0.25, 0.3) is 0 Å². The van der Waals surface area contributed by atoms with E-state index in [4.69, 9.17) is 11.6 Å². The van der Waals surface area contributed by atoms with Gasteiger partial charge in [0.05, 0.1) is 24.3 Å². The monoisotopic (exact) mass is 372 g/mol. The van der Waals surface area contributed by atoms with Gasteiger partial charge in [-0.3, -0.25) is 19.3 Å². The van der Waals surface area contributed by atoms with Gasteiger partial charge < -0.3 is 5.32 Å². The number of likely N-dealkylation sites (tertiary alicyclic amines) is 1. The first-order chi connectivity index (χ1) is 12.5. The Morgan fingerprint density at radius 2 is 1.88 bits per heavy atom. The first-order valence-corrected chi connectivity index (χ1v) is 9.46. The second-order valence-corrected chi connectivity index (χ2v) is 7.71. The van der Waals surface area contributed by atoms with Crippen molar-refractivity contribution in [3.63, 3.8) is 0 Å². The van der Waals surface area contributed by atoms with Crippen LogP contribution in [0.3, 0.4) is 0 Å². The van der Waals surface area contributed by atoms with Crippen molar-refractivity contribution in [2.75, 3.05) is 6.54 Å². The molecule has 2 aliphatic carbocycles. The number of hydrogen-bond donors (Lipinski definition) is 1. The number of hydrogen-bond acceptors (Lipinski definition) is 3. The Labute approximate surface area is 157 Å². The predicted molar refractivity (Wildman–Crippen MR) is 97.1 cm³/mol. The van der Waals surface area contributed by atoms with Gasteiger partial charge in [0.25, 0.3) is 0 Å². The summed E-state index contributed by atoms with van der Waals surface area (Å²) in [7, 11) is 0. The smallest absolute Gasteiger partial charge is 0.234 e. The fourth-order valence-corrected chi connectivity index (χ4v) is 4.95. The van der Waals surface area contributed by atoms with E-state index in [2.05, 4.69) is 17.5 Å². The number of amides is 3. The lowest BCUT2D eigenvalue weighted by atomic mass is 9.85. The number of nitrogens with one attached hydrogen (secondary N) is 1.